The molecule has 2 aromatic rings. The molecule has 0 saturated carbocycles. The van der Waals surface area contributed by atoms with Gasteiger partial charge in [0.15, 0.2) is 5.69 Å². The number of aromatic amines is 1. The van der Waals surface area contributed by atoms with Crippen molar-refractivity contribution in [3.63, 3.8) is 0 Å². The van der Waals surface area contributed by atoms with E-state index in [4.69, 9.17) is 0 Å². The first-order valence-corrected chi connectivity index (χ1v) is 6.94. The van der Waals surface area contributed by atoms with Crippen molar-refractivity contribution in [1.29, 1.82) is 0 Å². The Morgan fingerprint density at radius 1 is 1.30 bits per heavy atom. The predicted octanol–water partition coefficient (Wildman–Crippen LogP) is 3.76. The second-order valence-corrected chi connectivity index (χ2v) is 5.40. The first-order chi connectivity index (χ1) is 10.7. The lowest BCUT2D eigenvalue weighted by Crippen LogP contribution is -2.17. The third-order valence-electron chi connectivity index (χ3n) is 2.84. The van der Waals surface area contributed by atoms with E-state index in [0.29, 0.717) is 11.6 Å². The van der Waals surface area contributed by atoms with Gasteiger partial charge in [-0.3, -0.25) is 9.89 Å². The van der Waals surface area contributed by atoms with Crippen molar-refractivity contribution in [2.24, 2.45) is 5.92 Å². The quantitative estimate of drug-likeness (QED) is 0.879. The summed E-state index contributed by atoms with van der Waals surface area (Å²) in [5, 5.41) is 9.26. The van der Waals surface area contributed by atoms with E-state index in [0.717, 1.165) is 24.2 Å². The van der Waals surface area contributed by atoms with Crippen LogP contribution in [0.2, 0.25) is 0 Å². The summed E-state index contributed by atoms with van der Waals surface area (Å²) in [4.78, 5) is 12.0. The number of hydrogen-bond acceptors (Lipinski definition) is 3. The molecule has 0 radical (unpaired) electrons. The van der Waals surface area contributed by atoms with Crippen LogP contribution in [0.4, 0.5) is 18.9 Å². The molecule has 0 aliphatic rings. The molecule has 0 aliphatic heterocycles. The Labute approximate surface area is 130 Å². The summed E-state index contributed by atoms with van der Waals surface area (Å²) in [5.41, 5.74) is 1.41. The number of nitrogens with one attached hydrogen (secondary N) is 2. The average molecular weight is 327 g/mol. The van der Waals surface area contributed by atoms with Gasteiger partial charge in [0.05, 0.1) is 0 Å². The minimum absolute atomic E-state index is 0.219. The molecule has 0 bridgehead atoms. The van der Waals surface area contributed by atoms with Crippen LogP contribution in [0.25, 0.3) is 0 Å². The van der Waals surface area contributed by atoms with Crippen LogP contribution in [0.5, 0.6) is 5.75 Å². The molecule has 0 saturated heterocycles. The van der Waals surface area contributed by atoms with Crippen LogP contribution in [-0.2, 0) is 6.42 Å². The molecule has 1 heterocycles. The monoisotopic (exact) mass is 327 g/mol. The fraction of sp³-hybridized carbons (Fsp3) is 0.333. The van der Waals surface area contributed by atoms with Crippen LogP contribution < -0.4 is 10.1 Å². The van der Waals surface area contributed by atoms with E-state index >= 15 is 0 Å². The average Bonchev–Trinajstić information content (AvgIpc) is 2.87. The lowest BCUT2D eigenvalue weighted by molar-refractivity contribution is -0.274. The predicted molar refractivity (Wildman–Crippen MR) is 78.2 cm³/mol. The number of nitrogens with zero attached hydrogens (tertiary/aromatic N) is 1. The van der Waals surface area contributed by atoms with Crippen molar-refractivity contribution in [2.75, 3.05) is 5.32 Å². The van der Waals surface area contributed by atoms with Crippen molar-refractivity contribution in [2.45, 2.75) is 26.6 Å². The van der Waals surface area contributed by atoms with E-state index in [-0.39, 0.29) is 11.4 Å². The minimum atomic E-state index is -4.74. The Morgan fingerprint density at radius 3 is 2.52 bits per heavy atom. The summed E-state index contributed by atoms with van der Waals surface area (Å²) in [6, 6.07) is 6.54. The molecule has 2 rings (SSSR count). The number of halogens is 3. The number of alkyl halides is 3. The fourth-order valence-electron chi connectivity index (χ4n) is 1.96. The van der Waals surface area contributed by atoms with Crippen molar-refractivity contribution in [3.05, 3.63) is 41.7 Å². The zero-order valence-electron chi connectivity index (χ0n) is 12.6. The number of anilines is 1. The number of H-pyrrole nitrogens is 1. The third kappa shape index (κ3) is 5.32. The summed E-state index contributed by atoms with van der Waals surface area (Å²) in [5.74, 6) is -0.372. The topological polar surface area (TPSA) is 67.0 Å². The van der Waals surface area contributed by atoms with Gasteiger partial charge < -0.3 is 10.1 Å². The lowest BCUT2D eigenvalue weighted by Gasteiger charge is -2.09. The number of hydrogen-bond donors (Lipinski definition) is 2. The molecular weight excluding hydrogens is 311 g/mol. The number of carbonyl (C=O) groups is 1. The maximum atomic E-state index is 12.1. The van der Waals surface area contributed by atoms with Crippen LogP contribution in [0.3, 0.4) is 0 Å². The van der Waals surface area contributed by atoms with Gasteiger partial charge in [0, 0.05) is 11.4 Å². The zero-order valence-corrected chi connectivity index (χ0v) is 12.6. The number of ether oxygens (including phenoxy) is 1. The highest BCUT2D eigenvalue weighted by molar-refractivity contribution is 6.02. The second kappa shape index (κ2) is 6.72. The Balaban J connectivity index is 1.98. The Hall–Kier alpha value is -2.51. The van der Waals surface area contributed by atoms with Crippen molar-refractivity contribution < 1.29 is 22.7 Å². The van der Waals surface area contributed by atoms with Gasteiger partial charge in [-0.05, 0) is 42.7 Å². The summed E-state index contributed by atoms with van der Waals surface area (Å²) in [6.07, 6.45) is -3.98. The molecular formula is C15H16F3N3O2. The van der Waals surface area contributed by atoms with Crippen LogP contribution in [-0.4, -0.2) is 22.5 Å². The van der Waals surface area contributed by atoms with Gasteiger partial charge in [0.25, 0.3) is 5.91 Å². The molecule has 8 heteroatoms. The van der Waals surface area contributed by atoms with Crippen molar-refractivity contribution >= 4 is 11.6 Å². The highest BCUT2D eigenvalue weighted by atomic mass is 19.4. The second-order valence-electron chi connectivity index (χ2n) is 5.40. The van der Waals surface area contributed by atoms with Gasteiger partial charge in [0.2, 0.25) is 0 Å². The molecule has 23 heavy (non-hydrogen) atoms. The fourth-order valence-corrected chi connectivity index (χ4v) is 1.96. The van der Waals surface area contributed by atoms with Crippen molar-refractivity contribution in [1.82, 2.24) is 10.2 Å². The molecule has 1 aromatic heterocycles. The van der Waals surface area contributed by atoms with Gasteiger partial charge in [-0.2, -0.15) is 5.10 Å². The lowest BCUT2D eigenvalue weighted by atomic mass is 10.1. The molecule has 5 nitrogen and oxygen atoms in total. The van der Waals surface area contributed by atoms with E-state index in [9.17, 15) is 18.0 Å². The minimum Gasteiger partial charge on any atom is -0.406 e. The smallest absolute Gasteiger partial charge is 0.406 e. The normalized spacial score (nSPS) is 11.6. The maximum absolute atomic E-state index is 12.1. The highest BCUT2D eigenvalue weighted by Crippen LogP contribution is 2.24. The van der Waals surface area contributed by atoms with Crippen LogP contribution in [0.1, 0.15) is 30.0 Å². The number of carbonyl (C=O) groups excluding carboxylic acids is 1. The molecule has 0 atom stereocenters. The van der Waals surface area contributed by atoms with Gasteiger partial charge in [-0.25, -0.2) is 0 Å². The highest BCUT2D eigenvalue weighted by Gasteiger charge is 2.30. The van der Waals surface area contributed by atoms with Crippen LogP contribution in [0.15, 0.2) is 30.3 Å². The molecule has 0 aliphatic carbocycles. The number of aromatic nitrogens is 2. The van der Waals surface area contributed by atoms with E-state index in [2.05, 4.69) is 20.3 Å². The first kappa shape index (κ1) is 16.9. The van der Waals surface area contributed by atoms with Gasteiger partial charge in [-0.1, -0.05) is 13.8 Å². The third-order valence-corrected chi connectivity index (χ3v) is 2.84. The van der Waals surface area contributed by atoms with Crippen LogP contribution >= 0.6 is 0 Å². The largest absolute Gasteiger partial charge is 0.573 e. The summed E-state index contributed by atoms with van der Waals surface area (Å²) in [7, 11) is 0. The molecule has 1 aromatic carbocycles. The molecule has 0 fully saturated rings. The molecule has 1 amide bonds. The van der Waals surface area contributed by atoms with Gasteiger partial charge in [-0.15, -0.1) is 13.2 Å². The Kier molecular flexibility index (Phi) is 4.92. The standard InChI is InChI=1S/C15H16F3N3O2/c1-9(2)7-11-8-13(21-20-11)14(22)19-10-3-5-12(6-4-10)23-15(16,17)18/h3-6,8-9H,7H2,1-2H3,(H,19,22)(H,20,21). The van der Waals surface area contributed by atoms with Gasteiger partial charge in [0.1, 0.15) is 5.75 Å². The summed E-state index contributed by atoms with van der Waals surface area (Å²) >= 11 is 0. The SMILES string of the molecule is CC(C)Cc1cc(C(=O)Nc2ccc(OC(F)(F)F)cc2)n[nH]1. The number of amides is 1. The molecule has 2 N–H and O–H groups in total. The van der Waals surface area contributed by atoms with E-state index < -0.39 is 12.3 Å². The van der Waals surface area contributed by atoms with E-state index in [1.54, 1.807) is 6.07 Å². The zero-order chi connectivity index (χ0) is 17.0. The Bertz CT molecular complexity index is 663. The van der Waals surface area contributed by atoms with E-state index in [1.165, 1.54) is 12.1 Å². The number of rotatable bonds is 5. The number of benzene rings is 1. The molecule has 0 unspecified atom stereocenters. The maximum Gasteiger partial charge on any atom is 0.573 e. The van der Waals surface area contributed by atoms with Crippen LogP contribution in [0, 0.1) is 5.92 Å². The summed E-state index contributed by atoms with van der Waals surface area (Å²) in [6.45, 7) is 4.09. The summed E-state index contributed by atoms with van der Waals surface area (Å²) < 4.78 is 39.9. The van der Waals surface area contributed by atoms with Gasteiger partial charge >= 0.3 is 6.36 Å². The molecule has 124 valence electrons. The Morgan fingerprint density at radius 2 is 1.96 bits per heavy atom. The molecule has 0 spiro atoms. The van der Waals surface area contributed by atoms with E-state index in [1.807, 2.05) is 13.8 Å². The first-order valence-electron chi connectivity index (χ1n) is 6.94. The van der Waals surface area contributed by atoms with Crippen molar-refractivity contribution in [3.8, 4) is 5.75 Å².